The van der Waals surface area contributed by atoms with E-state index in [-0.39, 0.29) is 11.6 Å². The Labute approximate surface area is 165 Å². The summed E-state index contributed by atoms with van der Waals surface area (Å²) in [6.45, 7) is 0. The minimum Gasteiger partial charge on any atom is -0.456 e. The van der Waals surface area contributed by atoms with Gasteiger partial charge in [-0.3, -0.25) is 9.78 Å². The number of hydrogen-bond acceptors (Lipinski definition) is 5. The highest BCUT2D eigenvalue weighted by Crippen LogP contribution is 2.29. The number of pyridine rings is 1. The standard InChI is InChI=1S/C21H14ClN3O3/c22-17-3-1-2-4-19(17)27-16-7-5-15(6-8-16)24-21(26)18-13-20(28-25-18)14-9-11-23-12-10-14/h1-13H,(H,24,26). The Kier molecular flexibility index (Phi) is 5.03. The van der Waals surface area contributed by atoms with Crippen molar-refractivity contribution in [2.24, 2.45) is 0 Å². The van der Waals surface area contributed by atoms with Gasteiger partial charge in [-0.25, -0.2) is 0 Å². The molecule has 0 atom stereocenters. The summed E-state index contributed by atoms with van der Waals surface area (Å²) in [7, 11) is 0. The molecule has 0 unspecified atom stereocenters. The molecule has 138 valence electrons. The summed E-state index contributed by atoms with van der Waals surface area (Å²) >= 11 is 6.09. The van der Waals surface area contributed by atoms with Gasteiger partial charge in [0.25, 0.3) is 5.91 Å². The van der Waals surface area contributed by atoms with E-state index in [1.165, 1.54) is 0 Å². The van der Waals surface area contributed by atoms with Gasteiger partial charge in [-0.05, 0) is 48.5 Å². The zero-order valence-electron chi connectivity index (χ0n) is 14.5. The lowest BCUT2D eigenvalue weighted by molar-refractivity contribution is 0.101. The van der Waals surface area contributed by atoms with Gasteiger partial charge in [-0.15, -0.1) is 0 Å². The van der Waals surface area contributed by atoms with Crippen LogP contribution in [0.4, 0.5) is 5.69 Å². The third-order valence-electron chi connectivity index (χ3n) is 3.88. The molecule has 6 nitrogen and oxygen atoms in total. The van der Waals surface area contributed by atoms with Crippen LogP contribution in [0.1, 0.15) is 10.5 Å². The Morgan fingerprint density at radius 3 is 2.50 bits per heavy atom. The number of rotatable bonds is 5. The molecular formula is C21H14ClN3O3. The van der Waals surface area contributed by atoms with Gasteiger partial charge in [0.15, 0.2) is 11.5 Å². The van der Waals surface area contributed by atoms with Gasteiger partial charge in [0.1, 0.15) is 11.5 Å². The predicted octanol–water partition coefficient (Wildman–Crippen LogP) is 5.43. The average Bonchev–Trinajstić information content (AvgIpc) is 3.22. The molecule has 0 bridgehead atoms. The number of benzene rings is 2. The largest absolute Gasteiger partial charge is 0.456 e. The normalized spacial score (nSPS) is 10.5. The van der Waals surface area contributed by atoms with Crippen LogP contribution in [0.25, 0.3) is 11.3 Å². The number of hydrogen-bond donors (Lipinski definition) is 1. The molecular weight excluding hydrogens is 378 g/mol. The van der Waals surface area contributed by atoms with Crippen LogP contribution in [0.15, 0.2) is 83.6 Å². The van der Waals surface area contributed by atoms with Gasteiger partial charge in [0.05, 0.1) is 5.02 Å². The molecule has 4 rings (SSSR count). The van der Waals surface area contributed by atoms with Crippen LogP contribution in [0.2, 0.25) is 5.02 Å². The summed E-state index contributed by atoms with van der Waals surface area (Å²) in [6.07, 6.45) is 3.29. The number of anilines is 1. The van der Waals surface area contributed by atoms with E-state index in [0.717, 1.165) is 5.56 Å². The summed E-state index contributed by atoms with van der Waals surface area (Å²) in [5, 5.41) is 7.12. The number of carbonyl (C=O) groups excluding carboxylic acids is 1. The van der Waals surface area contributed by atoms with Gasteiger partial charge >= 0.3 is 0 Å². The van der Waals surface area contributed by atoms with E-state index in [1.54, 1.807) is 67.0 Å². The van der Waals surface area contributed by atoms with E-state index in [4.69, 9.17) is 20.9 Å². The third-order valence-corrected chi connectivity index (χ3v) is 4.20. The molecule has 2 aromatic carbocycles. The van der Waals surface area contributed by atoms with Crippen molar-refractivity contribution >= 4 is 23.2 Å². The van der Waals surface area contributed by atoms with Crippen LogP contribution in [0.5, 0.6) is 11.5 Å². The summed E-state index contributed by atoms with van der Waals surface area (Å²) < 4.78 is 11.0. The van der Waals surface area contributed by atoms with E-state index < -0.39 is 0 Å². The first-order chi connectivity index (χ1) is 13.7. The second kappa shape index (κ2) is 7.94. The molecule has 2 aromatic heterocycles. The number of nitrogens with one attached hydrogen (secondary N) is 1. The molecule has 28 heavy (non-hydrogen) atoms. The van der Waals surface area contributed by atoms with Gasteiger partial charge in [0, 0.05) is 29.7 Å². The van der Waals surface area contributed by atoms with E-state index in [1.807, 2.05) is 12.1 Å². The number of ether oxygens (including phenoxy) is 1. The number of carbonyl (C=O) groups is 1. The van der Waals surface area contributed by atoms with Gasteiger partial charge in [0.2, 0.25) is 0 Å². The molecule has 0 aliphatic carbocycles. The number of para-hydroxylation sites is 1. The lowest BCUT2D eigenvalue weighted by atomic mass is 10.2. The molecule has 7 heteroatoms. The molecule has 0 fully saturated rings. The molecule has 0 aliphatic rings. The molecule has 0 radical (unpaired) electrons. The first kappa shape index (κ1) is 17.8. The van der Waals surface area contributed by atoms with Crippen molar-refractivity contribution in [3.8, 4) is 22.8 Å². The Morgan fingerprint density at radius 1 is 1.00 bits per heavy atom. The third kappa shape index (κ3) is 4.02. The van der Waals surface area contributed by atoms with Gasteiger partial charge in [-0.2, -0.15) is 0 Å². The minimum atomic E-state index is -0.371. The minimum absolute atomic E-state index is 0.184. The first-order valence-electron chi connectivity index (χ1n) is 8.40. The Hall–Kier alpha value is -3.64. The second-order valence-corrected chi connectivity index (χ2v) is 6.23. The van der Waals surface area contributed by atoms with Crippen molar-refractivity contribution in [3.63, 3.8) is 0 Å². The molecule has 1 N–H and O–H groups in total. The highest BCUT2D eigenvalue weighted by Gasteiger charge is 2.14. The predicted molar refractivity (Wildman–Crippen MR) is 106 cm³/mol. The molecule has 0 aliphatic heterocycles. The SMILES string of the molecule is O=C(Nc1ccc(Oc2ccccc2Cl)cc1)c1cc(-c2ccncc2)on1. The van der Waals surface area contributed by atoms with Gasteiger partial charge < -0.3 is 14.6 Å². The maximum atomic E-state index is 12.4. The lowest BCUT2D eigenvalue weighted by Crippen LogP contribution is -2.11. The molecule has 0 saturated heterocycles. The fraction of sp³-hybridized carbons (Fsp3) is 0. The van der Waals surface area contributed by atoms with E-state index >= 15 is 0 Å². The van der Waals surface area contributed by atoms with Crippen LogP contribution in [0, 0.1) is 0 Å². The fourth-order valence-electron chi connectivity index (χ4n) is 2.49. The smallest absolute Gasteiger partial charge is 0.277 e. The van der Waals surface area contributed by atoms with E-state index in [0.29, 0.717) is 28.0 Å². The number of amides is 1. The highest BCUT2D eigenvalue weighted by atomic mass is 35.5. The van der Waals surface area contributed by atoms with Crippen LogP contribution in [-0.2, 0) is 0 Å². The molecule has 2 heterocycles. The Bertz CT molecular complexity index is 1100. The topological polar surface area (TPSA) is 77.2 Å². The Morgan fingerprint density at radius 2 is 1.75 bits per heavy atom. The zero-order valence-corrected chi connectivity index (χ0v) is 15.3. The Balaban J connectivity index is 1.42. The van der Waals surface area contributed by atoms with E-state index in [9.17, 15) is 4.79 Å². The van der Waals surface area contributed by atoms with Crippen molar-refractivity contribution in [1.29, 1.82) is 0 Å². The molecule has 0 spiro atoms. The highest BCUT2D eigenvalue weighted by molar-refractivity contribution is 6.32. The first-order valence-corrected chi connectivity index (χ1v) is 8.78. The molecule has 1 amide bonds. The van der Waals surface area contributed by atoms with Crippen molar-refractivity contribution in [2.75, 3.05) is 5.32 Å². The van der Waals surface area contributed by atoms with Crippen molar-refractivity contribution in [1.82, 2.24) is 10.1 Å². The van der Waals surface area contributed by atoms with Crippen LogP contribution in [-0.4, -0.2) is 16.0 Å². The average molecular weight is 392 g/mol. The summed E-state index contributed by atoms with van der Waals surface area (Å²) in [5.41, 5.74) is 1.58. The molecule has 0 saturated carbocycles. The van der Waals surface area contributed by atoms with Crippen LogP contribution < -0.4 is 10.1 Å². The summed E-state index contributed by atoms with van der Waals surface area (Å²) in [6, 6.07) is 19.3. The van der Waals surface area contributed by atoms with Crippen LogP contribution in [0.3, 0.4) is 0 Å². The maximum Gasteiger partial charge on any atom is 0.277 e. The van der Waals surface area contributed by atoms with Crippen molar-refractivity contribution in [3.05, 3.63) is 89.8 Å². The number of halogens is 1. The fourth-order valence-corrected chi connectivity index (χ4v) is 2.66. The number of aromatic nitrogens is 2. The maximum absolute atomic E-state index is 12.4. The quantitative estimate of drug-likeness (QED) is 0.490. The summed E-state index contributed by atoms with van der Waals surface area (Å²) in [5.74, 6) is 1.29. The lowest BCUT2D eigenvalue weighted by Gasteiger charge is -2.08. The van der Waals surface area contributed by atoms with Crippen LogP contribution >= 0.6 is 11.6 Å². The molecule has 4 aromatic rings. The monoisotopic (exact) mass is 391 g/mol. The number of nitrogens with zero attached hydrogens (tertiary/aromatic N) is 2. The van der Waals surface area contributed by atoms with Crippen molar-refractivity contribution in [2.45, 2.75) is 0 Å². The second-order valence-electron chi connectivity index (χ2n) is 5.82. The van der Waals surface area contributed by atoms with Crippen molar-refractivity contribution < 1.29 is 14.1 Å². The van der Waals surface area contributed by atoms with E-state index in [2.05, 4.69) is 15.5 Å². The summed E-state index contributed by atoms with van der Waals surface area (Å²) in [4.78, 5) is 16.3. The van der Waals surface area contributed by atoms with Gasteiger partial charge in [-0.1, -0.05) is 28.9 Å². The zero-order chi connectivity index (χ0) is 19.3.